The van der Waals surface area contributed by atoms with E-state index in [2.05, 4.69) is 13.8 Å². The van der Waals surface area contributed by atoms with Gasteiger partial charge in [0.15, 0.2) is 0 Å². The van der Waals surface area contributed by atoms with Gasteiger partial charge in [0.1, 0.15) is 6.10 Å². The van der Waals surface area contributed by atoms with Crippen LogP contribution in [0.5, 0.6) is 0 Å². The molecule has 1 heterocycles. The van der Waals surface area contributed by atoms with Gasteiger partial charge in [-0.3, -0.25) is 9.36 Å². The summed E-state index contributed by atoms with van der Waals surface area (Å²) in [5.74, 6) is -0.228. The fourth-order valence-electron chi connectivity index (χ4n) is 3.03. The van der Waals surface area contributed by atoms with Gasteiger partial charge in [0, 0.05) is 0 Å². The van der Waals surface area contributed by atoms with E-state index in [9.17, 15) is 9.36 Å². The van der Waals surface area contributed by atoms with E-state index in [0.29, 0.717) is 19.6 Å². The van der Waals surface area contributed by atoms with Gasteiger partial charge < -0.3 is 13.8 Å². The number of esters is 1. The third kappa shape index (κ3) is 11.4. The lowest BCUT2D eigenvalue weighted by Crippen LogP contribution is -2.36. The van der Waals surface area contributed by atoms with Crippen molar-refractivity contribution >= 4 is 13.6 Å². The Morgan fingerprint density at radius 1 is 0.846 bits per heavy atom. The van der Waals surface area contributed by atoms with Crippen LogP contribution in [0, 0.1) is 0 Å². The second-order valence-corrected chi connectivity index (χ2v) is 9.41. The lowest BCUT2D eigenvalue weighted by atomic mass is 10.1. The van der Waals surface area contributed by atoms with E-state index >= 15 is 0 Å². The van der Waals surface area contributed by atoms with Crippen LogP contribution >= 0.6 is 7.60 Å². The highest BCUT2D eigenvalue weighted by Gasteiger charge is 2.37. The molecule has 154 valence electrons. The predicted molar refractivity (Wildman–Crippen MR) is 106 cm³/mol. The van der Waals surface area contributed by atoms with Crippen LogP contribution < -0.4 is 0 Å². The van der Waals surface area contributed by atoms with Gasteiger partial charge in [-0.05, 0) is 12.8 Å². The lowest BCUT2D eigenvalue weighted by Gasteiger charge is -2.28. The standard InChI is InChI=1S/C20H39O5P/c1-3-5-7-9-11-13-15-23-26(22,18-19-17-20(21)25-19)24-16-14-12-10-8-6-4-2/h19H,3-18H2,1-2H3. The first kappa shape index (κ1) is 23.7. The zero-order valence-corrected chi connectivity index (χ0v) is 17.8. The highest BCUT2D eigenvalue weighted by molar-refractivity contribution is 7.53. The van der Waals surface area contributed by atoms with E-state index < -0.39 is 7.60 Å². The molecular weight excluding hydrogens is 351 g/mol. The molecule has 0 aromatic carbocycles. The Hall–Kier alpha value is -0.380. The molecule has 1 fully saturated rings. The Labute approximate surface area is 160 Å². The van der Waals surface area contributed by atoms with Crippen LogP contribution in [0.1, 0.15) is 97.3 Å². The highest BCUT2D eigenvalue weighted by atomic mass is 31.2. The first-order valence-corrected chi connectivity index (χ1v) is 12.4. The van der Waals surface area contributed by atoms with Gasteiger partial charge in [-0.25, -0.2) is 0 Å². The second kappa shape index (κ2) is 14.6. The van der Waals surface area contributed by atoms with Crippen molar-refractivity contribution in [1.29, 1.82) is 0 Å². The van der Waals surface area contributed by atoms with E-state index in [1.165, 1.54) is 51.4 Å². The Morgan fingerprint density at radius 3 is 1.69 bits per heavy atom. The molecule has 1 atom stereocenters. The molecule has 0 aliphatic carbocycles. The molecule has 0 N–H and O–H groups in total. The van der Waals surface area contributed by atoms with Crippen molar-refractivity contribution in [3.8, 4) is 0 Å². The number of ether oxygens (including phenoxy) is 1. The van der Waals surface area contributed by atoms with Crippen LogP contribution in [0.2, 0.25) is 0 Å². The van der Waals surface area contributed by atoms with Gasteiger partial charge >= 0.3 is 13.6 Å². The highest BCUT2D eigenvalue weighted by Crippen LogP contribution is 2.50. The average Bonchev–Trinajstić information content (AvgIpc) is 2.59. The number of rotatable bonds is 18. The Morgan fingerprint density at radius 2 is 1.27 bits per heavy atom. The molecule has 5 nitrogen and oxygen atoms in total. The Bertz CT molecular complexity index is 383. The topological polar surface area (TPSA) is 61.8 Å². The number of hydrogen-bond donors (Lipinski definition) is 0. The Balaban J connectivity index is 2.22. The summed E-state index contributed by atoms with van der Waals surface area (Å²) in [5, 5.41) is 0. The predicted octanol–water partition coefficient (Wildman–Crippen LogP) is 6.25. The van der Waals surface area contributed by atoms with Gasteiger partial charge in [0.25, 0.3) is 0 Å². The molecule has 1 rings (SSSR count). The molecule has 1 aliphatic heterocycles. The van der Waals surface area contributed by atoms with Crippen LogP contribution in [0.15, 0.2) is 0 Å². The third-order valence-corrected chi connectivity index (χ3v) is 6.70. The summed E-state index contributed by atoms with van der Waals surface area (Å²) in [5.41, 5.74) is 0. The number of carbonyl (C=O) groups excluding carboxylic acids is 1. The van der Waals surface area contributed by atoms with Crippen LogP contribution in [-0.2, 0) is 23.1 Å². The molecular formula is C20H39O5P. The summed E-state index contributed by atoms with van der Waals surface area (Å²) in [6.45, 7) is 5.32. The molecule has 26 heavy (non-hydrogen) atoms. The van der Waals surface area contributed by atoms with Crippen LogP contribution in [0.3, 0.4) is 0 Å². The minimum absolute atomic E-state index is 0.199. The molecule has 0 bridgehead atoms. The van der Waals surface area contributed by atoms with Gasteiger partial charge in [0.2, 0.25) is 0 Å². The number of cyclic esters (lactones) is 1. The van der Waals surface area contributed by atoms with E-state index in [1.807, 2.05) is 0 Å². The van der Waals surface area contributed by atoms with Crippen molar-refractivity contribution in [2.45, 2.75) is 103 Å². The number of carbonyl (C=O) groups is 1. The molecule has 1 saturated heterocycles. The van der Waals surface area contributed by atoms with Gasteiger partial charge in [-0.15, -0.1) is 0 Å². The fourth-order valence-corrected chi connectivity index (χ4v) is 4.83. The van der Waals surface area contributed by atoms with E-state index in [4.69, 9.17) is 13.8 Å². The summed E-state index contributed by atoms with van der Waals surface area (Å²) in [7, 11) is -3.17. The maximum absolute atomic E-state index is 13.0. The molecule has 0 aromatic heterocycles. The van der Waals surface area contributed by atoms with Crippen LogP contribution in [0.25, 0.3) is 0 Å². The summed E-state index contributed by atoms with van der Waals surface area (Å²) >= 11 is 0. The SMILES string of the molecule is CCCCCCCCOP(=O)(CC1CC(=O)O1)OCCCCCCCC. The molecule has 0 spiro atoms. The average molecular weight is 391 g/mol. The number of unbranched alkanes of at least 4 members (excludes halogenated alkanes) is 10. The van der Waals surface area contributed by atoms with Crippen molar-refractivity contribution in [3.63, 3.8) is 0 Å². The summed E-state index contributed by atoms with van der Waals surface area (Å²) < 4.78 is 29.3. The van der Waals surface area contributed by atoms with Crippen molar-refractivity contribution in [3.05, 3.63) is 0 Å². The molecule has 6 heteroatoms. The van der Waals surface area contributed by atoms with Crippen molar-refractivity contribution in [2.24, 2.45) is 0 Å². The maximum Gasteiger partial charge on any atom is 0.334 e. The van der Waals surface area contributed by atoms with Gasteiger partial charge in [0.05, 0.1) is 25.8 Å². The normalized spacial score (nSPS) is 17.2. The van der Waals surface area contributed by atoms with Crippen LogP contribution in [0.4, 0.5) is 0 Å². The van der Waals surface area contributed by atoms with E-state index in [0.717, 1.165) is 25.7 Å². The van der Waals surface area contributed by atoms with Crippen molar-refractivity contribution in [1.82, 2.24) is 0 Å². The van der Waals surface area contributed by atoms with Crippen molar-refractivity contribution < 1.29 is 23.1 Å². The summed E-state index contributed by atoms with van der Waals surface area (Å²) in [6.07, 6.45) is 14.1. The van der Waals surface area contributed by atoms with Gasteiger partial charge in [-0.1, -0.05) is 78.1 Å². The Kier molecular flexibility index (Phi) is 13.3. The fraction of sp³-hybridized carbons (Fsp3) is 0.950. The monoisotopic (exact) mass is 390 g/mol. The third-order valence-electron chi connectivity index (χ3n) is 4.69. The summed E-state index contributed by atoms with van der Waals surface area (Å²) in [4.78, 5) is 11.0. The van der Waals surface area contributed by atoms with Crippen LogP contribution in [-0.4, -0.2) is 31.4 Å². The zero-order valence-electron chi connectivity index (χ0n) is 16.9. The van der Waals surface area contributed by atoms with Gasteiger partial charge in [-0.2, -0.15) is 0 Å². The molecule has 0 radical (unpaired) electrons. The molecule has 0 amide bonds. The molecule has 1 unspecified atom stereocenters. The second-order valence-electron chi connectivity index (χ2n) is 7.31. The lowest BCUT2D eigenvalue weighted by molar-refractivity contribution is -0.167. The quantitative estimate of drug-likeness (QED) is 0.157. The largest absolute Gasteiger partial charge is 0.461 e. The summed E-state index contributed by atoms with van der Waals surface area (Å²) in [6, 6.07) is 0. The zero-order chi connectivity index (χ0) is 19.1. The minimum Gasteiger partial charge on any atom is -0.461 e. The molecule has 0 aromatic rings. The maximum atomic E-state index is 13.0. The molecule has 0 saturated carbocycles. The van der Waals surface area contributed by atoms with E-state index in [-0.39, 0.29) is 18.2 Å². The van der Waals surface area contributed by atoms with Crippen molar-refractivity contribution in [2.75, 3.05) is 19.4 Å². The minimum atomic E-state index is -3.17. The number of hydrogen-bond acceptors (Lipinski definition) is 5. The van der Waals surface area contributed by atoms with E-state index in [1.54, 1.807) is 0 Å². The molecule has 1 aliphatic rings. The first-order chi connectivity index (χ1) is 12.6. The first-order valence-electron chi connectivity index (χ1n) is 10.7. The smallest absolute Gasteiger partial charge is 0.334 e.